The van der Waals surface area contributed by atoms with Crippen molar-refractivity contribution in [2.75, 3.05) is 6.61 Å². The maximum absolute atomic E-state index is 11.5. The molecule has 8 heteroatoms. The lowest BCUT2D eigenvalue weighted by Gasteiger charge is -2.18. The largest absolute Gasteiger partial charge is 0.462 e. The van der Waals surface area contributed by atoms with Gasteiger partial charge in [0.25, 0.3) is 0 Å². The fourth-order valence-corrected chi connectivity index (χ4v) is 1.46. The van der Waals surface area contributed by atoms with E-state index < -0.39 is 24.2 Å². The van der Waals surface area contributed by atoms with Crippen molar-refractivity contribution in [3.05, 3.63) is 24.3 Å². The summed E-state index contributed by atoms with van der Waals surface area (Å²) in [7, 11) is 0. The number of esters is 2. The Labute approximate surface area is 133 Å². The fraction of sp³-hybridized carbons (Fsp3) is 0.467. The van der Waals surface area contributed by atoms with Crippen LogP contribution in [0.4, 0.5) is 0 Å². The predicted octanol–water partition coefficient (Wildman–Crippen LogP) is 1.37. The van der Waals surface area contributed by atoms with Crippen molar-refractivity contribution in [2.45, 2.75) is 39.0 Å². The number of carbonyl (C=O) groups is 2. The molecule has 0 saturated heterocycles. The average Bonchev–Trinajstić information content (AvgIpc) is 2.47. The van der Waals surface area contributed by atoms with Gasteiger partial charge in [-0.25, -0.2) is 19.2 Å². The number of ether oxygens (including phenoxy) is 2. The van der Waals surface area contributed by atoms with Gasteiger partial charge in [0.05, 0.1) is 6.61 Å². The molecule has 0 aliphatic heterocycles. The molecule has 0 fully saturated rings. The summed E-state index contributed by atoms with van der Waals surface area (Å²) in [5, 5.41) is 0. The summed E-state index contributed by atoms with van der Waals surface area (Å²) in [5.74, 6) is -1.19. The lowest BCUT2D eigenvalue weighted by atomic mass is 10.1. The first-order valence-corrected chi connectivity index (χ1v) is 6.74. The number of carbonyl (C=O) groups excluding carboxylic acids is 4. The molecule has 0 aliphatic rings. The standard InChI is InChI=1S/C15H18N2O6/c1-4-5-14(20)23-12(6-7-22-15(21)11(2)3)8-13(16-9-18)17-10-19/h4-5,12-13H,2,6-8H2,1,3H3. The Morgan fingerprint density at radius 1 is 1.26 bits per heavy atom. The molecule has 23 heavy (non-hydrogen) atoms. The minimum absolute atomic E-state index is 0.0399. The number of rotatable bonds is 10. The Morgan fingerprint density at radius 3 is 2.35 bits per heavy atom. The van der Waals surface area contributed by atoms with Crippen LogP contribution in [0, 0.1) is 0 Å². The molecule has 1 unspecified atom stereocenters. The molecule has 0 amide bonds. The molecule has 0 aliphatic carbocycles. The molecule has 0 aromatic heterocycles. The van der Waals surface area contributed by atoms with E-state index in [1.165, 1.54) is 31.2 Å². The van der Waals surface area contributed by atoms with Crippen molar-refractivity contribution in [1.29, 1.82) is 0 Å². The quantitative estimate of drug-likeness (QED) is 0.260. The van der Waals surface area contributed by atoms with Gasteiger partial charge in [-0.3, -0.25) is 0 Å². The van der Waals surface area contributed by atoms with Crippen molar-refractivity contribution >= 4 is 24.1 Å². The van der Waals surface area contributed by atoms with Crippen LogP contribution in [0.2, 0.25) is 0 Å². The SMILES string of the molecule is C=C(C)C(=O)OCCC(CC(N=C=O)N=C=O)OC(=O)C=CC. The van der Waals surface area contributed by atoms with E-state index in [9.17, 15) is 19.2 Å². The molecule has 0 spiro atoms. The molecule has 0 N–H and O–H groups in total. The number of allylic oxidation sites excluding steroid dienone is 1. The molecule has 124 valence electrons. The molecule has 0 rings (SSSR count). The van der Waals surface area contributed by atoms with Crippen molar-refractivity contribution in [1.82, 2.24) is 0 Å². The first-order chi connectivity index (χ1) is 10.9. The highest BCUT2D eigenvalue weighted by Gasteiger charge is 2.19. The number of hydrogen-bond donors (Lipinski definition) is 0. The van der Waals surface area contributed by atoms with Crippen LogP contribution in [0.25, 0.3) is 0 Å². The lowest BCUT2D eigenvalue weighted by Crippen LogP contribution is -2.24. The second-order valence-electron chi connectivity index (χ2n) is 4.42. The summed E-state index contributed by atoms with van der Waals surface area (Å²) in [6, 6.07) is 0. The van der Waals surface area contributed by atoms with E-state index in [2.05, 4.69) is 16.6 Å². The van der Waals surface area contributed by atoms with Gasteiger partial charge in [0, 0.05) is 24.5 Å². The van der Waals surface area contributed by atoms with Crippen LogP contribution >= 0.6 is 0 Å². The van der Waals surface area contributed by atoms with Crippen LogP contribution in [0.3, 0.4) is 0 Å². The van der Waals surface area contributed by atoms with Crippen LogP contribution in [0.1, 0.15) is 26.7 Å². The van der Waals surface area contributed by atoms with Crippen LogP contribution in [-0.4, -0.2) is 43.0 Å². The van der Waals surface area contributed by atoms with Gasteiger partial charge >= 0.3 is 11.9 Å². The highest BCUT2D eigenvalue weighted by molar-refractivity contribution is 5.86. The molecule has 1 atom stereocenters. The lowest BCUT2D eigenvalue weighted by molar-refractivity contribution is -0.145. The zero-order valence-electron chi connectivity index (χ0n) is 13.0. The van der Waals surface area contributed by atoms with Gasteiger partial charge in [0.15, 0.2) is 6.17 Å². The Bertz CT molecular complexity index is 538. The highest BCUT2D eigenvalue weighted by Crippen LogP contribution is 2.12. The third kappa shape index (κ3) is 9.68. The van der Waals surface area contributed by atoms with Crippen LogP contribution in [0.5, 0.6) is 0 Å². The Morgan fingerprint density at radius 2 is 1.87 bits per heavy atom. The summed E-state index contributed by atoms with van der Waals surface area (Å²) in [4.78, 5) is 50.0. The topological polar surface area (TPSA) is 111 Å². The minimum atomic E-state index is -1.06. The molecule has 0 bridgehead atoms. The van der Waals surface area contributed by atoms with Crippen molar-refractivity contribution in [3.8, 4) is 0 Å². The Kier molecular flexibility index (Phi) is 10.4. The van der Waals surface area contributed by atoms with Crippen molar-refractivity contribution < 1.29 is 28.7 Å². The summed E-state index contributed by atoms with van der Waals surface area (Å²) in [6.07, 6.45) is 3.51. The minimum Gasteiger partial charge on any atom is -0.462 e. The number of isocyanates is 2. The summed E-state index contributed by atoms with van der Waals surface area (Å²) in [5.41, 5.74) is 0.237. The molecule has 0 saturated carbocycles. The van der Waals surface area contributed by atoms with E-state index in [0.717, 1.165) is 0 Å². The maximum Gasteiger partial charge on any atom is 0.333 e. The summed E-state index contributed by atoms with van der Waals surface area (Å²) in [6.45, 7) is 6.54. The van der Waals surface area contributed by atoms with Crippen LogP contribution < -0.4 is 0 Å². The van der Waals surface area contributed by atoms with Crippen LogP contribution in [-0.2, 0) is 28.7 Å². The summed E-state index contributed by atoms with van der Waals surface area (Å²) < 4.78 is 10.1. The number of nitrogens with zero attached hydrogens (tertiary/aromatic N) is 2. The Balaban J connectivity index is 4.81. The predicted molar refractivity (Wildman–Crippen MR) is 79.7 cm³/mol. The van der Waals surface area contributed by atoms with Gasteiger partial charge < -0.3 is 9.47 Å². The second kappa shape index (κ2) is 11.8. The van der Waals surface area contributed by atoms with Gasteiger partial charge in [-0.1, -0.05) is 12.7 Å². The van der Waals surface area contributed by atoms with E-state index in [-0.39, 0.29) is 25.0 Å². The van der Waals surface area contributed by atoms with Gasteiger partial charge in [0.2, 0.25) is 12.2 Å². The van der Waals surface area contributed by atoms with Crippen LogP contribution in [0.15, 0.2) is 34.3 Å². The monoisotopic (exact) mass is 322 g/mol. The average molecular weight is 322 g/mol. The molecule has 0 aromatic carbocycles. The smallest absolute Gasteiger partial charge is 0.333 e. The van der Waals surface area contributed by atoms with E-state index in [1.54, 1.807) is 6.92 Å². The van der Waals surface area contributed by atoms with E-state index in [1.807, 2.05) is 0 Å². The van der Waals surface area contributed by atoms with E-state index in [0.29, 0.717) is 0 Å². The molecule has 0 aromatic rings. The Hall–Kier alpha value is -2.82. The third-order valence-electron chi connectivity index (χ3n) is 2.48. The first kappa shape index (κ1) is 20.2. The molecule has 0 heterocycles. The van der Waals surface area contributed by atoms with Crippen molar-refractivity contribution in [2.24, 2.45) is 9.98 Å². The van der Waals surface area contributed by atoms with Gasteiger partial charge in [-0.2, -0.15) is 9.98 Å². The molecular formula is C15H18N2O6. The first-order valence-electron chi connectivity index (χ1n) is 6.74. The molecule has 0 radical (unpaired) electrons. The van der Waals surface area contributed by atoms with Gasteiger partial charge in [-0.15, -0.1) is 0 Å². The molecular weight excluding hydrogens is 304 g/mol. The van der Waals surface area contributed by atoms with E-state index in [4.69, 9.17) is 9.47 Å². The van der Waals surface area contributed by atoms with Gasteiger partial charge in [-0.05, 0) is 13.8 Å². The number of aliphatic imine (C=N–C) groups is 2. The number of hydrogen-bond acceptors (Lipinski definition) is 8. The third-order valence-corrected chi connectivity index (χ3v) is 2.48. The highest BCUT2D eigenvalue weighted by atomic mass is 16.6. The van der Waals surface area contributed by atoms with Gasteiger partial charge in [0.1, 0.15) is 6.10 Å². The fourth-order valence-electron chi connectivity index (χ4n) is 1.46. The summed E-state index contributed by atoms with van der Waals surface area (Å²) >= 11 is 0. The molecule has 8 nitrogen and oxygen atoms in total. The zero-order valence-corrected chi connectivity index (χ0v) is 13.0. The normalized spacial score (nSPS) is 12.4. The van der Waals surface area contributed by atoms with E-state index >= 15 is 0 Å². The second-order valence-corrected chi connectivity index (χ2v) is 4.42. The van der Waals surface area contributed by atoms with Crippen molar-refractivity contribution in [3.63, 3.8) is 0 Å². The zero-order chi connectivity index (χ0) is 17.7. The maximum atomic E-state index is 11.5.